The predicted molar refractivity (Wildman–Crippen MR) is 52.3 cm³/mol. The van der Waals surface area contributed by atoms with E-state index in [4.69, 9.17) is 0 Å². The average Bonchev–Trinajstić information content (AvgIpc) is 1.98. The summed E-state index contributed by atoms with van der Waals surface area (Å²) in [6, 6.07) is 0. The monoisotopic (exact) mass is 154 g/mol. The Hall–Kier alpha value is -0.350. The average molecular weight is 154 g/mol. The third kappa shape index (κ3) is 4.52. The Morgan fingerprint density at radius 2 is 2.10 bits per heavy atom. The number of hydrogen-bond acceptors (Lipinski definition) is 0. The molecule has 0 aromatic carbocycles. The van der Waals surface area contributed by atoms with Crippen LogP contribution in [0, 0.1) is 0 Å². The first-order valence-corrected chi connectivity index (χ1v) is 4.31. The summed E-state index contributed by atoms with van der Waals surface area (Å²) in [7, 11) is 2.71. The van der Waals surface area contributed by atoms with Crippen molar-refractivity contribution in [2.45, 2.75) is 12.8 Å². The Kier molecular flexibility index (Phi) is 6.53. The lowest BCUT2D eigenvalue weighted by Gasteiger charge is -1.96. The predicted octanol–water partition coefficient (Wildman–Crippen LogP) is 2.94. The van der Waals surface area contributed by atoms with Gasteiger partial charge in [-0.05, 0) is 24.6 Å². The van der Waals surface area contributed by atoms with Gasteiger partial charge in [-0.1, -0.05) is 31.4 Å². The van der Waals surface area contributed by atoms with E-state index in [1.54, 1.807) is 6.08 Å². The van der Waals surface area contributed by atoms with Gasteiger partial charge in [0.05, 0.1) is 0 Å². The fraction of sp³-hybridized carbons (Fsp3) is 0.333. The van der Waals surface area contributed by atoms with Crippen LogP contribution in [-0.2, 0) is 0 Å². The SMILES string of the molecule is C=C/C=C(\C=C)CCCP. The zero-order valence-corrected chi connectivity index (χ0v) is 7.50. The van der Waals surface area contributed by atoms with Crippen molar-refractivity contribution in [1.82, 2.24) is 0 Å². The highest BCUT2D eigenvalue weighted by Crippen LogP contribution is 2.07. The lowest BCUT2D eigenvalue weighted by atomic mass is 10.1. The van der Waals surface area contributed by atoms with Gasteiger partial charge >= 0.3 is 0 Å². The summed E-state index contributed by atoms with van der Waals surface area (Å²) in [4.78, 5) is 0. The first-order chi connectivity index (χ1) is 4.85. The van der Waals surface area contributed by atoms with Gasteiger partial charge in [0, 0.05) is 0 Å². The van der Waals surface area contributed by atoms with Gasteiger partial charge in [0.2, 0.25) is 0 Å². The molecule has 0 rings (SSSR count). The summed E-state index contributed by atoms with van der Waals surface area (Å²) in [6.45, 7) is 7.34. The summed E-state index contributed by atoms with van der Waals surface area (Å²) in [5.41, 5.74) is 1.28. The van der Waals surface area contributed by atoms with Crippen molar-refractivity contribution in [2.75, 3.05) is 6.16 Å². The van der Waals surface area contributed by atoms with Crippen LogP contribution in [0.25, 0.3) is 0 Å². The topological polar surface area (TPSA) is 0 Å². The second-order valence-electron chi connectivity index (χ2n) is 2.07. The normalized spacial score (nSPS) is 11.1. The summed E-state index contributed by atoms with van der Waals surface area (Å²) < 4.78 is 0. The van der Waals surface area contributed by atoms with Gasteiger partial charge < -0.3 is 0 Å². The summed E-state index contributed by atoms with van der Waals surface area (Å²) in [5, 5.41) is 0. The van der Waals surface area contributed by atoms with Crippen LogP contribution >= 0.6 is 9.24 Å². The van der Waals surface area contributed by atoms with E-state index in [9.17, 15) is 0 Å². The van der Waals surface area contributed by atoms with Crippen LogP contribution in [0.15, 0.2) is 37.0 Å². The molecule has 0 aromatic heterocycles. The second kappa shape index (κ2) is 6.77. The minimum Gasteiger partial charge on any atom is -0.138 e. The fourth-order valence-electron chi connectivity index (χ4n) is 0.711. The molecule has 0 aromatic rings. The Morgan fingerprint density at radius 3 is 2.50 bits per heavy atom. The maximum absolute atomic E-state index is 3.71. The van der Waals surface area contributed by atoms with Crippen LogP contribution in [0.5, 0.6) is 0 Å². The maximum atomic E-state index is 3.71. The number of rotatable bonds is 5. The molecule has 0 aliphatic carbocycles. The first-order valence-electron chi connectivity index (χ1n) is 3.49. The van der Waals surface area contributed by atoms with E-state index < -0.39 is 0 Å². The molecule has 0 spiro atoms. The molecule has 0 amide bonds. The number of hydrogen-bond donors (Lipinski definition) is 0. The minimum absolute atomic E-state index is 1.11. The summed E-state index contributed by atoms with van der Waals surface area (Å²) in [6.07, 6.45) is 9.17. The summed E-state index contributed by atoms with van der Waals surface area (Å²) >= 11 is 0. The van der Waals surface area contributed by atoms with Gasteiger partial charge in [0.15, 0.2) is 0 Å². The van der Waals surface area contributed by atoms with E-state index in [1.165, 1.54) is 12.0 Å². The molecule has 0 N–H and O–H groups in total. The molecule has 0 saturated carbocycles. The highest BCUT2D eigenvalue weighted by molar-refractivity contribution is 7.16. The summed E-state index contributed by atoms with van der Waals surface area (Å²) in [5.74, 6) is 0. The van der Waals surface area contributed by atoms with E-state index in [2.05, 4.69) is 22.4 Å². The molecule has 0 fully saturated rings. The molecule has 56 valence electrons. The highest BCUT2D eigenvalue weighted by Gasteiger charge is 1.87. The van der Waals surface area contributed by atoms with E-state index >= 15 is 0 Å². The van der Waals surface area contributed by atoms with Gasteiger partial charge in [-0.3, -0.25) is 0 Å². The molecule has 0 radical (unpaired) electrons. The Labute approximate surface area is 65.9 Å². The van der Waals surface area contributed by atoms with Crippen molar-refractivity contribution < 1.29 is 0 Å². The van der Waals surface area contributed by atoms with Crippen LogP contribution in [0.1, 0.15) is 12.8 Å². The maximum Gasteiger partial charge on any atom is -0.0276 e. The Balaban J connectivity index is 3.70. The molecule has 0 aliphatic heterocycles. The van der Waals surface area contributed by atoms with Gasteiger partial charge in [-0.15, -0.1) is 9.24 Å². The van der Waals surface area contributed by atoms with Gasteiger partial charge in [0.25, 0.3) is 0 Å². The zero-order valence-electron chi connectivity index (χ0n) is 6.34. The molecule has 10 heavy (non-hydrogen) atoms. The standard InChI is InChI=1S/C9H15P/c1-3-6-9(4-2)7-5-8-10/h3-4,6H,1-2,5,7-8,10H2/b9-6+. The molecule has 1 heteroatoms. The van der Waals surface area contributed by atoms with E-state index in [-0.39, 0.29) is 0 Å². The zero-order chi connectivity index (χ0) is 7.82. The van der Waals surface area contributed by atoms with Crippen molar-refractivity contribution in [3.8, 4) is 0 Å². The van der Waals surface area contributed by atoms with Crippen LogP contribution in [0.3, 0.4) is 0 Å². The van der Waals surface area contributed by atoms with Gasteiger partial charge in [0.1, 0.15) is 0 Å². The molecule has 1 atom stereocenters. The number of allylic oxidation sites excluding steroid dienone is 4. The molecule has 1 unspecified atom stereocenters. The molecular weight excluding hydrogens is 139 g/mol. The van der Waals surface area contributed by atoms with E-state index in [1.807, 2.05) is 12.2 Å². The van der Waals surface area contributed by atoms with Crippen LogP contribution < -0.4 is 0 Å². The molecule has 0 bridgehead atoms. The van der Waals surface area contributed by atoms with Crippen molar-refractivity contribution in [1.29, 1.82) is 0 Å². The van der Waals surface area contributed by atoms with Crippen LogP contribution in [-0.4, -0.2) is 6.16 Å². The Morgan fingerprint density at radius 1 is 1.40 bits per heavy atom. The highest BCUT2D eigenvalue weighted by atomic mass is 31.0. The second-order valence-corrected chi connectivity index (χ2v) is 2.65. The third-order valence-corrected chi connectivity index (χ3v) is 1.67. The Bertz CT molecular complexity index is 134. The third-order valence-electron chi connectivity index (χ3n) is 1.26. The minimum atomic E-state index is 1.11. The largest absolute Gasteiger partial charge is 0.138 e. The van der Waals surface area contributed by atoms with Crippen LogP contribution in [0.4, 0.5) is 0 Å². The lowest BCUT2D eigenvalue weighted by molar-refractivity contribution is 0.939. The molecular formula is C9H15P. The molecule has 0 saturated heterocycles. The van der Waals surface area contributed by atoms with Crippen LogP contribution in [0.2, 0.25) is 0 Å². The van der Waals surface area contributed by atoms with Crippen molar-refractivity contribution >= 4 is 9.24 Å². The molecule has 0 nitrogen and oxygen atoms in total. The molecule has 0 aliphatic rings. The van der Waals surface area contributed by atoms with E-state index in [0.717, 1.165) is 12.6 Å². The van der Waals surface area contributed by atoms with Crippen molar-refractivity contribution in [3.63, 3.8) is 0 Å². The lowest BCUT2D eigenvalue weighted by Crippen LogP contribution is -1.79. The van der Waals surface area contributed by atoms with E-state index in [0.29, 0.717) is 0 Å². The quantitative estimate of drug-likeness (QED) is 0.422. The first kappa shape index (κ1) is 9.65. The smallest absolute Gasteiger partial charge is 0.0276 e. The fourth-order valence-corrected chi connectivity index (χ4v) is 0.915. The van der Waals surface area contributed by atoms with Crippen molar-refractivity contribution in [3.05, 3.63) is 37.0 Å². The van der Waals surface area contributed by atoms with Gasteiger partial charge in [-0.2, -0.15) is 0 Å². The van der Waals surface area contributed by atoms with Crippen molar-refractivity contribution in [2.24, 2.45) is 0 Å². The molecule has 0 heterocycles. The van der Waals surface area contributed by atoms with Gasteiger partial charge in [-0.25, -0.2) is 0 Å².